The molecule has 2 atom stereocenters. The van der Waals surface area contributed by atoms with Crippen LogP contribution in [0, 0.1) is 0 Å². The van der Waals surface area contributed by atoms with E-state index in [1.165, 1.54) is 5.56 Å². The van der Waals surface area contributed by atoms with Crippen LogP contribution in [0.3, 0.4) is 0 Å². The number of allylic oxidation sites excluding steroid dienone is 2. The number of thiazole rings is 1. The third-order valence-corrected chi connectivity index (χ3v) is 7.01. The molecule has 3 aromatic rings. The van der Waals surface area contributed by atoms with Crippen LogP contribution in [-0.4, -0.2) is 47.8 Å². The summed E-state index contributed by atoms with van der Waals surface area (Å²) >= 11 is 1.59. The summed E-state index contributed by atoms with van der Waals surface area (Å²) in [6.45, 7) is 4.78. The minimum Gasteiger partial charge on any atom is -0.348 e. The summed E-state index contributed by atoms with van der Waals surface area (Å²) in [4.78, 5) is 26.2. The molecule has 1 unspecified atom stereocenters. The Balaban J connectivity index is 1.34. The van der Waals surface area contributed by atoms with Gasteiger partial charge in [0.05, 0.1) is 10.2 Å². The molecule has 2 aliphatic heterocycles. The van der Waals surface area contributed by atoms with Crippen molar-refractivity contribution in [3.63, 3.8) is 0 Å². The molecular formula is C24H26N6OS. The quantitative estimate of drug-likeness (QED) is 0.554. The van der Waals surface area contributed by atoms with Crippen molar-refractivity contribution in [2.75, 3.05) is 25.0 Å². The van der Waals surface area contributed by atoms with Crippen LogP contribution in [0.5, 0.6) is 0 Å². The number of benzene rings is 1. The summed E-state index contributed by atoms with van der Waals surface area (Å²) < 4.78 is 1.12. The molecule has 1 fully saturated rings. The lowest BCUT2D eigenvalue weighted by atomic mass is 9.79. The van der Waals surface area contributed by atoms with Crippen molar-refractivity contribution in [3.05, 3.63) is 59.8 Å². The smallest absolute Gasteiger partial charge is 0.251 e. The Hall–Kier alpha value is -3.10. The van der Waals surface area contributed by atoms with Gasteiger partial charge in [-0.1, -0.05) is 30.4 Å². The van der Waals surface area contributed by atoms with Crippen LogP contribution in [0.15, 0.2) is 53.7 Å². The number of nitrogens with one attached hydrogen (secondary N) is 3. The molecular weight excluding hydrogens is 420 g/mol. The van der Waals surface area contributed by atoms with E-state index in [2.05, 4.69) is 57.1 Å². The van der Waals surface area contributed by atoms with Crippen LogP contribution in [0.25, 0.3) is 10.2 Å². The molecule has 1 amide bonds. The molecule has 3 N–H and O–H groups in total. The molecule has 2 aromatic heterocycles. The number of anilines is 2. The fourth-order valence-electron chi connectivity index (χ4n) is 4.13. The predicted molar refractivity (Wildman–Crippen MR) is 130 cm³/mol. The molecule has 32 heavy (non-hydrogen) atoms. The molecule has 0 radical (unpaired) electrons. The van der Waals surface area contributed by atoms with Crippen molar-refractivity contribution in [1.29, 1.82) is 0 Å². The van der Waals surface area contributed by atoms with Gasteiger partial charge in [-0.15, -0.1) is 0 Å². The summed E-state index contributed by atoms with van der Waals surface area (Å²) in [5, 5.41) is 10.4. The number of pyridine rings is 1. The SMILES string of the molecule is CC1(c2ccc3nc(Nc4cc(C(=O)N[C@H]5CCNC5)ccn4)sc3c2)CC=CC=NC1. The number of aliphatic imine (C=N–C) groups is 1. The normalized spacial score (nSPS) is 22.7. The molecule has 0 spiro atoms. The van der Waals surface area contributed by atoms with Crippen LogP contribution in [0.2, 0.25) is 0 Å². The zero-order valence-corrected chi connectivity index (χ0v) is 18.8. The zero-order valence-electron chi connectivity index (χ0n) is 18.0. The zero-order chi connectivity index (χ0) is 22.0. The number of amides is 1. The maximum atomic E-state index is 12.6. The Bertz CT molecular complexity index is 1180. The third-order valence-electron chi connectivity index (χ3n) is 6.07. The molecule has 2 aliphatic rings. The number of rotatable bonds is 5. The molecule has 1 aromatic carbocycles. The number of carbonyl (C=O) groups is 1. The first-order valence-electron chi connectivity index (χ1n) is 10.9. The lowest BCUT2D eigenvalue weighted by Crippen LogP contribution is -2.36. The lowest BCUT2D eigenvalue weighted by molar-refractivity contribution is 0.0940. The Morgan fingerprint density at radius 1 is 1.28 bits per heavy atom. The third kappa shape index (κ3) is 4.42. The largest absolute Gasteiger partial charge is 0.348 e. The predicted octanol–water partition coefficient (Wildman–Crippen LogP) is 3.82. The molecule has 4 heterocycles. The monoisotopic (exact) mass is 446 g/mol. The highest BCUT2D eigenvalue weighted by Gasteiger charge is 2.26. The number of carbonyl (C=O) groups excluding carboxylic acids is 1. The first kappa shape index (κ1) is 20.8. The van der Waals surface area contributed by atoms with Gasteiger partial charge in [-0.3, -0.25) is 9.79 Å². The second-order valence-corrected chi connectivity index (χ2v) is 9.63. The Kier molecular flexibility index (Phi) is 5.71. The maximum Gasteiger partial charge on any atom is 0.251 e. The van der Waals surface area contributed by atoms with Gasteiger partial charge in [-0.2, -0.15) is 0 Å². The van der Waals surface area contributed by atoms with Crippen molar-refractivity contribution >= 4 is 44.6 Å². The fraction of sp³-hybridized carbons (Fsp3) is 0.333. The molecule has 164 valence electrons. The van der Waals surface area contributed by atoms with Crippen LogP contribution < -0.4 is 16.0 Å². The van der Waals surface area contributed by atoms with Gasteiger partial charge < -0.3 is 16.0 Å². The van der Waals surface area contributed by atoms with Gasteiger partial charge in [0, 0.05) is 42.5 Å². The number of aromatic nitrogens is 2. The maximum absolute atomic E-state index is 12.6. The van der Waals surface area contributed by atoms with Gasteiger partial charge >= 0.3 is 0 Å². The van der Waals surface area contributed by atoms with Gasteiger partial charge in [0.15, 0.2) is 5.13 Å². The Morgan fingerprint density at radius 2 is 2.22 bits per heavy atom. The van der Waals surface area contributed by atoms with Gasteiger partial charge in [0.2, 0.25) is 0 Å². The topological polar surface area (TPSA) is 91.3 Å². The van der Waals surface area contributed by atoms with E-state index < -0.39 is 0 Å². The van der Waals surface area contributed by atoms with Gasteiger partial charge in [0.25, 0.3) is 5.91 Å². The summed E-state index contributed by atoms with van der Waals surface area (Å²) in [6, 6.07) is 10.1. The van der Waals surface area contributed by atoms with E-state index in [1.807, 2.05) is 12.3 Å². The number of fused-ring (bicyclic) bond motifs is 1. The number of nitrogens with zero attached hydrogens (tertiary/aromatic N) is 3. The van der Waals surface area contributed by atoms with E-state index in [1.54, 1.807) is 29.7 Å². The van der Waals surface area contributed by atoms with Crippen LogP contribution in [-0.2, 0) is 5.41 Å². The molecule has 8 heteroatoms. The minimum atomic E-state index is -0.0774. The first-order valence-corrected chi connectivity index (χ1v) is 11.7. The fourth-order valence-corrected chi connectivity index (χ4v) is 5.04. The lowest BCUT2D eigenvalue weighted by Gasteiger charge is -2.26. The van der Waals surface area contributed by atoms with Crippen molar-refractivity contribution in [1.82, 2.24) is 20.6 Å². The van der Waals surface area contributed by atoms with E-state index in [0.717, 1.165) is 47.8 Å². The van der Waals surface area contributed by atoms with Crippen molar-refractivity contribution in [2.45, 2.75) is 31.2 Å². The van der Waals surface area contributed by atoms with E-state index in [0.29, 0.717) is 11.4 Å². The summed E-state index contributed by atoms with van der Waals surface area (Å²) in [5.41, 5.74) is 2.78. The van der Waals surface area contributed by atoms with Crippen molar-refractivity contribution in [2.24, 2.45) is 4.99 Å². The second kappa shape index (κ2) is 8.80. The minimum absolute atomic E-state index is 0.0205. The molecule has 0 bridgehead atoms. The highest BCUT2D eigenvalue weighted by molar-refractivity contribution is 7.22. The number of hydrogen-bond acceptors (Lipinski definition) is 7. The van der Waals surface area contributed by atoms with Crippen LogP contribution in [0.4, 0.5) is 10.9 Å². The van der Waals surface area contributed by atoms with E-state index in [9.17, 15) is 4.79 Å². The van der Waals surface area contributed by atoms with Gasteiger partial charge in [-0.05, 0) is 55.3 Å². The average Bonchev–Trinajstić information content (AvgIpc) is 3.39. The first-order chi connectivity index (χ1) is 15.6. The van der Waals surface area contributed by atoms with E-state index in [4.69, 9.17) is 4.98 Å². The second-order valence-electron chi connectivity index (χ2n) is 8.60. The summed E-state index contributed by atoms with van der Waals surface area (Å²) in [6.07, 6.45) is 9.64. The highest BCUT2D eigenvalue weighted by Crippen LogP contribution is 2.35. The Labute approximate surface area is 191 Å². The molecule has 1 saturated heterocycles. The van der Waals surface area contributed by atoms with Crippen LogP contribution in [0.1, 0.15) is 35.7 Å². The summed E-state index contributed by atoms with van der Waals surface area (Å²) in [5.74, 6) is 0.531. The van der Waals surface area contributed by atoms with Gasteiger partial charge in [0.1, 0.15) is 5.82 Å². The molecule has 0 saturated carbocycles. The number of hydrogen-bond donors (Lipinski definition) is 3. The van der Waals surface area contributed by atoms with Crippen LogP contribution >= 0.6 is 11.3 Å². The average molecular weight is 447 g/mol. The molecule has 7 nitrogen and oxygen atoms in total. The molecule has 0 aliphatic carbocycles. The molecule has 5 rings (SSSR count). The Morgan fingerprint density at radius 3 is 3.09 bits per heavy atom. The van der Waals surface area contributed by atoms with Crippen molar-refractivity contribution in [3.8, 4) is 0 Å². The van der Waals surface area contributed by atoms with Crippen molar-refractivity contribution < 1.29 is 4.79 Å². The van der Waals surface area contributed by atoms with Gasteiger partial charge in [-0.25, -0.2) is 9.97 Å². The van der Waals surface area contributed by atoms with E-state index >= 15 is 0 Å². The van der Waals surface area contributed by atoms with E-state index in [-0.39, 0.29) is 17.4 Å². The highest BCUT2D eigenvalue weighted by atomic mass is 32.1. The summed E-state index contributed by atoms with van der Waals surface area (Å²) in [7, 11) is 0. The standard InChI is InChI=1S/C24H26N6OS/c1-24(8-2-3-9-26-15-24)17-4-5-19-20(13-17)32-23(29-19)30-21-12-16(6-11-27-21)22(31)28-18-7-10-25-14-18/h2-6,9,11-13,18,25H,7-8,10,14-15H2,1H3,(H,28,31)(H,27,29,30)/t18-,24?/m0/s1.